The van der Waals surface area contributed by atoms with E-state index in [1.54, 1.807) is 0 Å². The first-order valence-electron chi connectivity index (χ1n) is 0.365. The van der Waals surface area contributed by atoms with E-state index in [4.69, 9.17) is 10.5 Å². The molecule has 0 aliphatic carbocycles. The minimum atomic E-state index is 0. The van der Waals surface area contributed by atoms with Crippen LogP contribution in [0.3, 0.4) is 0 Å². The van der Waals surface area contributed by atoms with Crippen LogP contribution in [0, 0.1) is 0 Å². The summed E-state index contributed by atoms with van der Waals surface area (Å²) in [4.78, 5) is 0. The first-order valence-corrected chi connectivity index (χ1v) is 0.365. The maximum Gasteiger partial charge on any atom is 0 e. The molecule has 0 saturated carbocycles. The summed E-state index contributed by atoms with van der Waals surface area (Å²) in [5, 5.41) is 15.5. The molecule has 5 heavy (non-hydrogen) atoms. The average Bonchev–Trinajstić information content (AvgIpc) is 0.918. The SMILES string of the molecule is OOO.[Ca].[Mg]. The Morgan fingerprint density at radius 3 is 1.20 bits per heavy atom. The van der Waals surface area contributed by atoms with Gasteiger partial charge >= 0.3 is 0 Å². The maximum atomic E-state index is 6.62. The summed E-state index contributed by atoms with van der Waals surface area (Å²) in [7, 11) is 0. The van der Waals surface area contributed by atoms with E-state index in [2.05, 4.69) is 5.04 Å². The van der Waals surface area contributed by atoms with Crippen LogP contribution < -0.4 is 0 Å². The molecule has 0 bridgehead atoms. The molecule has 0 aliphatic rings. The molecule has 24 valence electrons. The molecule has 0 aromatic rings. The van der Waals surface area contributed by atoms with Gasteiger partial charge in [0.05, 0.1) is 0 Å². The van der Waals surface area contributed by atoms with Gasteiger partial charge in [-0.15, -0.1) is 0 Å². The van der Waals surface area contributed by atoms with Gasteiger partial charge in [-0.3, -0.25) is 0 Å². The van der Waals surface area contributed by atoms with E-state index in [0.717, 1.165) is 0 Å². The van der Waals surface area contributed by atoms with Gasteiger partial charge in [-0.2, -0.15) is 0 Å². The predicted octanol–water partition coefficient (Wildman–Crippen LogP) is -0.813. The molecule has 0 spiro atoms. The molecular weight excluding hydrogens is 112 g/mol. The monoisotopic (exact) mass is 114 g/mol. The molecule has 0 aliphatic heterocycles. The van der Waals surface area contributed by atoms with E-state index in [-0.39, 0.29) is 60.8 Å². The zero-order chi connectivity index (χ0) is 2.71. The first kappa shape index (κ1) is 15.8. The zero-order valence-electron chi connectivity index (χ0n) is 2.72. The second kappa shape index (κ2) is 16.8. The third kappa shape index (κ3) is 24.8. The van der Waals surface area contributed by atoms with E-state index in [0.29, 0.717) is 0 Å². The Kier molecular flexibility index (Phi) is 53.2. The van der Waals surface area contributed by atoms with Crippen molar-refractivity contribution in [2.45, 2.75) is 0 Å². The van der Waals surface area contributed by atoms with Crippen LogP contribution in [0.5, 0.6) is 0 Å². The standard InChI is InChI=1S/Ca.Mg.H2O3/c;;1-3-2/h;;1-2H. The van der Waals surface area contributed by atoms with Crippen LogP contribution in [0.15, 0.2) is 0 Å². The van der Waals surface area contributed by atoms with Gasteiger partial charge in [0.25, 0.3) is 0 Å². The van der Waals surface area contributed by atoms with Gasteiger partial charge in [-0.25, -0.2) is 10.5 Å². The van der Waals surface area contributed by atoms with Crippen LogP contribution in [0.2, 0.25) is 0 Å². The minimum absolute atomic E-state index is 0. The maximum absolute atomic E-state index is 6.62. The van der Waals surface area contributed by atoms with Gasteiger partial charge in [-0.05, 0) is 0 Å². The summed E-state index contributed by atoms with van der Waals surface area (Å²) in [6, 6.07) is 0. The smallest absolute Gasteiger partial charge is 0 e. The Morgan fingerprint density at radius 1 is 1.20 bits per heavy atom. The molecule has 0 amide bonds. The summed E-state index contributed by atoms with van der Waals surface area (Å²) < 4.78 is 0. The van der Waals surface area contributed by atoms with E-state index in [9.17, 15) is 0 Å². The van der Waals surface area contributed by atoms with Crippen LogP contribution in [-0.4, -0.2) is 71.3 Å². The summed E-state index contributed by atoms with van der Waals surface area (Å²) in [5.74, 6) is 0. The fourth-order valence-corrected chi connectivity index (χ4v) is 0. The number of hydrogen-bond donors (Lipinski definition) is 2. The molecule has 0 saturated heterocycles. The molecular formula is H2CaMgO3. The molecule has 0 heterocycles. The summed E-state index contributed by atoms with van der Waals surface area (Å²) in [6.07, 6.45) is 0. The zero-order valence-corrected chi connectivity index (χ0v) is 6.34. The molecule has 5 heteroatoms. The number of hydrogen-bond acceptors (Lipinski definition) is 3. The quantitative estimate of drug-likeness (QED) is 0.246. The van der Waals surface area contributed by atoms with E-state index in [1.165, 1.54) is 0 Å². The largest absolute Gasteiger partial charge is 0.221 e. The van der Waals surface area contributed by atoms with Crippen molar-refractivity contribution in [3.8, 4) is 0 Å². The van der Waals surface area contributed by atoms with Gasteiger partial charge in [0, 0.05) is 60.8 Å². The molecule has 0 rings (SSSR count). The fraction of sp³-hybridized carbons (Fsp3) is 0. The molecule has 0 fully saturated rings. The van der Waals surface area contributed by atoms with Crippen LogP contribution in [0.25, 0.3) is 0 Å². The first-order chi connectivity index (χ1) is 1.41. The van der Waals surface area contributed by atoms with Gasteiger partial charge in [0.15, 0.2) is 0 Å². The van der Waals surface area contributed by atoms with Crippen molar-refractivity contribution < 1.29 is 15.6 Å². The van der Waals surface area contributed by atoms with Gasteiger partial charge < -0.3 is 0 Å². The van der Waals surface area contributed by atoms with Crippen LogP contribution in [-0.2, 0) is 5.04 Å². The molecule has 4 radical (unpaired) electrons. The third-order valence-corrected chi connectivity index (χ3v) is 0. The van der Waals surface area contributed by atoms with E-state index in [1.807, 2.05) is 0 Å². The van der Waals surface area contributed by atoms with Crippen molar-refractivity contribution in [1.82, 2.24) is 0 Å². The van der Waals surface area contributed by atoms with E-state index >= 15 is 0 Å². The van der Waals surface area contributed by atoms with Crippen molar-refractivity contribution in [2.75, 3.05) is 0 Å². The predicted molar refractivity (Wildman–Crippen MR) is 17.9 cm³/mol. The van der Waals surface area contributed by atoms with Crippen LogP contribution in [0.4, 0.5) is 0 Å². The second-order valence-electron chi connectivity index (χ2n) is 0.0816. The Hall–Kier alpha value is 1.91. The molecule has 0 aromatic carbocycles. The second-order valence-corrected chi connectivity index (χ2v) is 0.0816. The summed E-state index contributed by atoms with van der Waals surface area (Å²) >= 11 is 0. The van der Waals surface area contributed by atoms with E-state index < -0.39 is 0 Å². The van der Waals surface area contributed by atoms with Crippen molar-refractivity contribution >= 4 is 60.8 Å². The Labute approximate surface area is 75.3 Å². The summed E-state index contributed by atoms with van der Waals surface area (Å²) in [5.41, 5.74) is 0. The third-order valence-electron chi connectivity index (χ3n) is 0. The minimum Gasteiger partial charge on any atom is -0.221 e. The van der Waals surface area contributed by atoms with Gasteiger partial charge in [0.2, 0.25) is 0 Å². The molecule has 2 N–H and O–H groups in total. The van der Waals surface area contributed by atoms with Crippen molar-refractivity contribution in [3.05, 3.63) is 0 Å². The van der Waals surface area contributed by atoms with Crippen molar-refractivity contribution in [2.24, 2.45) is 0 Å². The Balaban J connectivity index is -0.0000000200. The summed E-state index contributed by atoms with van der Waals surface area (Å²) in [6.45, 7) is 0. The van der Waals surface area contributed by atoms with Crippen LogP contribution >= 0.6 is 0 Å². The van der Waals surface area contributed by atoms with Gasteiger partial charge in [-0.1, -0.05) is 5.04 Å². The molecule has 0 unspecified atom stereocenters. The number of rotatable bonds is 0. The molecule has 0 aromatic heterocycles. The Bertz CT molecular complexity index is 6.85. The fourth-order valence-electron chi connectivity index (χ4n) is 0. The molecule has 0 atom stereocenters. The Morgan fingerprint density at radius 2 is 1.20 bits per heavy atom. The van der Waals surface area contributed by atoms with Crippen molar-refractivity contribution in [1.29, 1.82) is 0 Å². The molecule has 3 nitrogen and oxygen atoms in total. The normalized spacial score (nSPS) is 3.60. The van der Waals surface area contributed by atoms with Crippen LogP contribution in [0.1, 0.15) is 0 Å². The van der Waals surface area contributed by atoms with Gasteiger partial charge in [0.1, 0.15) is 0 Å². The average molecular weight is 114 g/mol. The topological polar surface area (TPSA) is 49.7 Å². The van der Waals surface area contributed by atoms with Crippen molar-refractivity contribution in [3.63, 3.8) is 0 Å².